The van der Waals surface area contributed by atoms with E-state index in [9.17, 15) is 0 Å². The van der Waals surface area contributed by atoms with Crippen LogP contribution in [0, 0.1) is 18.3 Å². The van der Waals surface area contributed by atoms with Gasteiger partial charge < -0.3 is 0 Å². The maximum Gasteiger partial charge on any atom is 0.157 e. The van der Waals surface area contributed by atoms with Gasteiger partial charge in [-0.25, -0.2) is 9.67 Å². The minimum atomic E-state index is 0.465. The summed E-state index contributed by atoms with van der Waals surface area (Å²) >= 11 is 0. The molecular formula is C10H10N4. The van der Waals surface area contributed by atoms with Crippen LogP contribution < -0.4 is 0 Å². The van der Waals surface area contributed by atoms with Crippen LogP contribution in [0.1, 0.15) is 12.0 Å². The Bertz CT molecular complexity index is 492. The average molecular weight is 186 g/mol. The molecule has 14 heavy (non-hydrogen) atoms. The lowest BCUT2D eigenvalue weighted by Gasteiger charge is -1.98. The first-order valence-corrected chi connectivity index (χ1v) is 4.46. The molecule has 2 aromatic rings. The molecule has 0 aliphatic rings. The molecule has 2 heterocycles. The number of hydrogen-bond acceptors (Lipinski definition) is 3. The van der Waals surface area contributed by atoms with Gasteiger partial charge in [0.25, 0.3) is 0 Å². The highest BCUT2D eigenvalue weighted by atomic mass is 15.3. The van der Waals surface area contributed by atoms with Gasteiger partial charge in [0.1, 0.15) is 0 Å². The van der Waals surface area contributed by atoms with Crippen LogP contribution in [0.2, 0.25) is 0 Å². The second kappa shape index (κ2) is 3.46. The zero-order valence-corrected chi connectivity index (χ0v) is 7.94. The van der Waals surface area contributed by atoms with Crippen LogP contribution in [0.4, 0.5) is 0 Å². The van der Waals surface area contributed by atoms with E-state index in [2.05, 4.69) is 16.2 Å². The maximum atomic E-state index is 8.47. The Kier molecular flexibility index (Phi) is 2.15. The van der Waals surface area contributed by atoms with Crippen LogP contribution in [-0.4, -0.2) is 14.8 Å². The van der Waals surface area contributed by atoms with Gasteiger partial charge in [0.05, 0.1) is 25.2 Å². The van der Waals surface area contributed by atoms with E-state index in [-0.39, 0.29) is 0 Å². The summed E-state index contributed by atoms with van der Waals surface area (Å²) in [5, 5.41) is 13.7. The number of fused-ring (bicyclic) bond motifs is 1. The summed E-state index contributed by atoms with van der Waals surface area (Å²) in [5.41, 5.74) is 1.98. The number of pyridine rings is 1. The molecule has 0 saturated heterocycles. The Balaban J connectivity index is 2.43. The summed E-state index contributed by atoms with van der Waals surface area (Å²) in [7, 11) is 0. The van der Waals surface area contributed by atoms with Crippen molar-refractivity contribution in [3.05, 3.63) is 24.0 Å². The van der Waals surface area contributed by atoms with Gasteiger partial charge in [0.15, 0.2) is 5.65 Å². The van der Waals surface area contributed by atoms with Gasteiger partial charge in [-0.3, -0.25) is 0 Å². The third-order valence-electron chi connectivity index (χ3n) is 2.05. The number of aromatic nitrogens is 3. The number of hydrogen-bond donors (Lipinski definition) is 0. The number of rotatable bonds is 2. The summed E-state index contributed by atoms with van der Waals surface area (Å²) < 4.78 is 1.76. The highest BCUT2D eigenvalue weighted by molar-refractivity contribution is 5.74. The fraction of sp³-hybridized carbons (Fsp3) is 0.300. The van der Waals surface area contributed by atoms with E-state index in [4.69, 9.17) is 5.26 Å². The fourth-order valence-electron chi connectivity index (χ4n) is 1.40. The van der Waals surface area contributed by atoms with Gasteiger partial charge in [0, 0.05) is 11.6 Å². The van der Waals surface area contributed by atoms with E-state index < -0.39 is 0 Å². The monoisotopic (exact) mass is 186 g/mol. The highest BCUT2D eigenvalue weighted by Gasteiger charge is 2.02. The van der Waals surface area contributed by atoms with Crippen molar-refractivity contribution >= 4 is 11.0 Å². The smallest absolute Gasteiger partial charge is 0.157 e. The quantitative estimate of drug-likeness (QED) is 0.716. The van der Waals surface area contributed by atoms with Crippen molar-refractivity contribution in [2.24, 2.45) is 0 Å². The van der Waals surface area contributed by atoms with Gasteiger partial charge in [-0.2, -0.15) is 10.4 Å². The first-order valence-electron chi connectivity index (χ1n) is 4.46. The Hall–Kier alpha value is -1.89. The molecule has 0 aromatic carbocycles. The summed E-state index contributed by atoms with van der Waals surface area (Å²) in [6.07, 6.45) is 4.06. The fourth-order valence-corrected chi connectivity index (χ4v) is 1.40. The predicted molar refractivity (Wildman–Crippen MR) is 52.5 cm³/mol. The predicted octanol–water partition coefficient (Wildman–Crippen LogP) is 1.65. The van der Waals surface area contributed by atoms with E-state index in [1.807, 2.05) is 19.2 Å². The molecule has 0 aliphatic heterocycles. The van der Waals surface area contributed by atoms with Crippen molar-refractivity contribution in [2.45, 2.75) is 19.9 Å². The summed E-state index contributed by atoms with van der Waals surface area (Å²) in [4.78, 5) is 4.28. The minimum absolute atomic E-state index is 0.465. The summed E-state index contributed by atoms with van der Waals surface area (Å²) in [6.45, 7) is 2.61. The van der Waals surface area contributed by atoms with E-state index in [1.165, 1.54) is 0 Å². The van der Waals surface area contributed by atoms with E-state index >= 15 is 0 Å². The van der Waals surface area contributed by atoms with Crippen molar-refractivity contribution in [1.29, 1.82) is 5.26 Å². The molecular weight excluding hydrogens is 176 g/mol. The molecule has 0 radical (unpaired) electrons. The van der Waals surface area contributed by atoms with Crippen LogP contribution in [-0.2, 0) is 6.54 Å². The molecule has 0 saturated carbocycles. The summed E-state index contributed by atoms with van der Waals surface area (Å²) in [5.74, 6) is 0. The normalized spacial score (nSPS) is 10.3. The largest absolute Gasteiger partial charge is 0.246 e. The van der Waals surface area contributed by atoms with Gasteiger partial charge in [-0.05, 0) is 18.6 Å². The van der Waals surface area contributed by atoms with Crippen LogP contribution in [0.15, 0.2) is 18.5 Å². The van der Waals surface area contributed by atoms with Gasteiger partial charge in [0.2, 0.25) is 0 Å². The molecule has 0 spiro atoms. The second-order valence-corrected chi connectivity index (χ2v) is 3.20. The lowest BCUT2D eigenvalue weighted by molar-refractivity contribution is 0.643. The molecule has 0 atom stereocenters. The van der Waals surface area contributed by atoms with Crippen molar-refractivity contribution in [3.63, 3.8) is 0 Å². The molecule has 0 bridgehead atoms. The second-order valence-electron chi connectivity index (χ2n) is 3.20. The molecule has 4 heteroatoms. The Labute approximate surface area is 81.8 Å². The molecule has 0 unspecified atom stereocenters. The zero-order chi connectivity index (χ0) is 9.97. The molecule has 4 nitrogen and oxygen atoms in total. The topological polar surface area (TPSA) is 54.5 Å². The molecule has 0 amide bonds. The van der Waals surface area contributed by atoms with Crippen molar-refractivity contribution < 1.29 is 0 Å². The van der Waals surface area contributed by atoms with Gasteiger partial charge >= 0.3 is 0 Å². The molecule has 0 fully saturated rings. The Morgan fingerprint density at radius 3 is 3.14 bits per heavy atom. The molecule has 70 valence electrons. The molecule has 2 rings (SSSR count). The van der Waals surface area contributed by atoms with Crippen molar-refractivity contribution in [2.75, 3.05) is 0 Å². The van der Waals surface area contributed by atoms with E-state index in [0.29, 0.717) is 13.0 Å². The van der Waals surface area contributed by atoms with Crippen LogP contribution in [0.5, 0.6) is 0 Å². The lowest BCUT2D eigenvalue weighted by Crippen LogP contribution is -1.99. The Morgan fingerprint density at radius 1 is 1.50 bits per heavy atom. The van der Waals surface area contributed by atoms with Gasteiger partial charge in [-0.1, -0.05) is 0 Å². The van der Waals surface area contributed by atoms with E-state index in [0.717, 1.165) is 16.6 Å². The SMILES string of the molecule is Cc1cnc2c(cnn2CCC#N)c1. The minimum Gasteiger partial charge on any atom is -0.246 e. The summed E-state index contributed by atoms with van der Waals surface area (Å²) in [6, 6.07) is 4.13. The first kappa shape index (κ1) is 8.70. The first-order chi connectivity index (χ1) is 6.81. The van der Waals surface area contributed by atoms with Crippen molar-refractivity contribution in [1.82, 2.24) is 14.8 Å². The highest BCUT2D eigenvalue weighted by Crippen LogP contribution is 2.12. The number of nitrogens with zero attached hydrogens (tertiary/aromatic N) is 4. The van der Waals surface area contributed by atoms with Crippen molar-refractivity contribution in [3.8, 4) is 6.07 Å². The van der Waals surface area contributed by atoms with Gasteiger partial charge in [-0.15, -0.1) is 0 Å². The third-order valence-corrected chi connectivity index (χ3v) is 2.05. The standard InChI is InChI=1S/C10H10N4/c1-8-5-9-7-13-14(4-2-3-11)10(9)12-6-8/h5-7H,2,4H2,1H3. The third kappa shape index (κ3) is 1.44. The van der Waals surface area contributed by atoms with E-state index in [1.54, 1.807) is 10.9 Å². The molecule has 0 N–H and O–H groups in total. The number of aryl methyl sites for hydroxylation is 2. The lowest BCUT2D eigenvalue weighted by atomic mass is 10.2. The Morgan fingerprint density at radius 2 is 2.36 bits per heavy atom. The van der Waals surface area contributed by atoms with Crippen LogP contribution in [0.25, 0.3) is 11.0 Å². The average Bonchev–Trinajstić information content (AvgIpc) is 2.57. The zero-order valence-electron chi connectivity index (χ0n) is 7.94. The maximum absolute atomic E-state index is 8.47. The molecule has 0 aliphatic carbocycles. The van der Waals surface area contributed by atoms with Crippen LogP contribution in [0.3, 0.4) is 0 Å². The van der Waals surface area contributed by atoms with Crippen LogP contribution >= 0.6 is 0 Å². The molecule has 2 aromatic heterocycles. The number of nitriles is 1.